The van der Waals surface area contributed by atoms with Crippen LogP contribution in [0.1, 0.15) is 111 Å². The van der Waals surface area contributed by atoms with E-state index in [0.29, 0.717) is 19.1 Å². The van der Waals surface area contributed by atoms with Crippen molar-refractivity contribution in [3.05, 3.63) is 0 Å². The summed E-state index contributed by atoms with van der Waals surface area (Å²) >= 11 is 0. The van der Waals surface area contributed by atoms with Crippen LogP contribution < -0.4 is 0 Å². The summed E-state index contributed by atoms with van der Waals surface area (Å²) in [5.41, 5.74) is 0. The first-order valence-electron chi connectivity index (χ1n) is 10.9. The Labute approximate surface area is 161 Å². The summed E-state index contributed by atoms with van der Waals surface area (Å²) < 4.78 is 10.2. The molecule has 0 atom stereocenters. The molecule has 0 N–H and O–H groups in total. The fraction of sp³-hybridized carbons (Fsp3) is 0.909. The second-order valence-corrected chi connectivity index (χ2v) is 7.69. The molecule has 0 unspecified atom stereocenters. The highest BCUT2D eigenvalue weighted by Crippen LogP contribution is 2.12. The van der Waals surface area contributed by atoms with E-state index in [-0.39, 0.29) is 24.8 Å². The van der Waals surface area contributed by atoms with Crippen LogP contribution in [0.4, 0.5) is 0 Å². The molecule has 4 heteroatoms. The first kappa shape index (κ1) is 24.9. The van der Waals surface area contributed by atoms with Crippen molar-refractivity contribution in [3.63, 3.8) is 0 Å². The van der Waals surface area contributed by atoms with Crippen LogP contribution in [0.25, 0.3) is 0 Å². The molecule has 0 fully saturated rings. The van der Waals surface area contributed by atoms with Crippen molar-refractivity contribution in [1.29, 1.82) is 0 Å². The zero-order valence-electron chi connectivity index (χ0n) is 17.5. The molecule has 154 valence electrons. The second kappa shape index (κ2) is 18.7. The summed E-state index contributed by atoms with van der Waals surface area (Å²) in [6, 6.07) is 0. The number of carbonyl (C=O) groups is 2. The predicted molar refractivity (Wildman–Crippen MR) is 107 cm³/mol. The van der Waals surface area contributed by atoms with Crippen LogP contribution in [0.2, 0.25) is 0 Å². The van der Waals surface area contributed by atoms with E-state index in [0.717, 1.165) is 12.8 Å². The molecule has 0 aromatic carbocycles. The van der Waals surface area contributed by atoms with Crippen LogP contribution in [-0.4, -0.2) is 25.2 Å². The van der Waals surface area contributed by atoms with E-state index in [1.54, 1.807) is 0 Å². The highest BCUT2D eigenvalue weighted by atomic mass is 16.5. The van der Waals surface area contributed by atoms with Crippen LogP contribution in [0.15, 0.2) is 0 Å². The van der Waals surface area contributed by atoms with Crippen LogP contribution >= 0.6 is 0 Å². The lowest BCUT2D eigenvalue weighted by Crippen LogP contribution is -2.13. The van der Waals surface area contributed by atoms with Gasteiger partial charge < -0.3 is 9.47 Å². The Kier molecular flexibility index (Phi) is 18.0. The Morgan fingerprint density at radius 3 is 1.54 bits per heavy atom. The molecule has 26 heavy (non-hydrogen) atoms. The lowest BCUT2D eigenvalue weighted by atomic mass is 10.1. The van der Waals surface area contributed by atoms with E-state index in [1.165, 1.54) is 64.2 Å². The van der Waals surface area contributed by atoms with Gasteiger partial charge in [-0.15, -0.1) is 0 Å². The molecule has 0 aliphatic rings. The van der Waals surface area contributed by atoms with E-state index in [4.69, 9.17) is 9.47 Å². The van der Waals surface area contributed by atoms with Crippen molar-refractivity contribution in [1.82, 2.24) is 0 Å². The van der Waals surface area contributed by atoms with Gasteiger partial charge in [0, 0.05) is 0 Å². The van der Waals surface area contributed by atoms with Gasteiger partial charge in [-0.3, -0.25) is 9.59 Å². The van der Waals surface area contributed by atoms with Crippen molar-refractivity contribution in [2.45, 2.75) is 111 Å². The zero-order chi connectivity index (χ0) is 19.5. The highest BCUT2D eigenvalue weighted by Gasteiger charge is 2.09. The normalized spacial score (nSPS) is 10.9. The van der Waals surface area contributed by atoms with Gasteiger partial charge in [-0.05, 0) is 12.3 Å². The van der Waals surface area contributed by atoms with Gasteiger partial charge in [-0.1, -0.05) is 91.4 Å². The summed E-state index contributed by atoms with van der Waals surface area (Å²) in [7, 11) is 0. The zero-order valence-corrected chi connectivity index (χ0v) is 17.5. The van der Waals surface area contributed by atoms with Gasteiger partial charge in [-0.2, -0.15) is 0 Å². The molecule has 0 saturated carbocycles. The van der Waals surface area contributed by atoms with Crippen molar-refractivity contribution >= 4 is 11.9 Å². The van der Waals surface area contributed by atoms with E-state index in [2.05, 4.69) is 6.92 Å². The van der Waals surface area contributed by atoms with E-state index < -0.39 is 0 Å². The third-order valence-corrected chi connectivity index (χ3v) is 4.37. The molecule has 0 heterocycles. The summed E-state index contributed by atoms with van der Waals surface area (Å²) in [5.74, 6) is -0.299. The van der Waals surface area contributed by atoms with Crippen molar-refractivity contribution in [3.8, 4) is 0 Å². The number of ether oxygens (including phenoxy) is 2. The lowest BCUT2D eigenvalue weighted by Gasteiger charge is -2.07. The Morgan fingerprint density at radius 1 is 0.654 bits per heavy atom. The molecule has 4 nitrogen and oxygen atoms in total. The minimum atomic E-state index is -0.319. The van der Waals surface area contributed by atoms with Gasteiger partial charge in [0.15, 0.2) is 0 Å². The molecule has 0 amide bonds. The first-order valence-corrected chi connectivity index (χ1v) is 10.9. The largest absolute Gasteiger partial charge is 0.466 e. The van der Waals surface area contributed by atoms with Crippen LogP contribution in [-0.2, 0) is 19.1 Å². The second-order valence-electron chi connectivity index (χ2n) is 7.69. The molecule has 0 saturated heterocycles. The number of carbonyl (C=O) groups excluding carboxylic acids is 2. The van der Waals surface area contributed by atoms with Crippen LogP contribution in [0, 0.1) is 5.92 Å². The van der Waals surface area contributed by atoms with Crippen LogP contribution in [0.5, 0.6) is 0 Å². The maximum Gasteiger partial charge on any atom is 0.306 e. The standard InChI is InChI=1S/C22H42O4/c1-4-5-6-7-8-9-10-11-12-13-14-15-18-25-21(23)16-17-22(24)26-19-20(2)3/h20H,4-19H2,1-3H3. The molecule has 0 spiro atoms. The molecule has 0 aromatic heterocycles. The minimum Gasteiger partial charge on any atom is -0.466 e. The van der Waals surface area contributed by atoms with Gasteiger partial charge in [0.25, 0.3) is 0 Å². The van der Waals surface area contributed by atoms with Crippen molar-refractivity contribution < 1.29 is 19.1 Å². The van der Waals surface area contributed by atoms with Crippen molar-refractivity contribution in [2.24, 2.45) is 5.92 Å². The topological polar surface area (TPSA) is 52.6 Å². The minimum absolute atomic E-state index is 0.115. The highest BCUT2D eigenvalue weighted by molar-refractivity contribution is 5.77. The SMILES string of the molecule is CCCCCCCCCCCCCCOC(=O)CCC(=O)OCC(C)C. The Morgan fingerprint density at radius 2 is 1.08 bits per heavy atom. The summed E-state index contributed by atoms with van der Waals surface area (Å²) in [6.45, 7) is 7.10. The fourth-order valence-electron chi connectivity index (χ4n) is 2.74. The van der Waals surface area contributed by atoms with E-state index in [1.807, 2.05) is 13.8 Å². The van der Waals surface area contributed by atoms with Crippen molar-refractivity contribution in [2.75, 3.05) is 13.2 Å². The average molecular weight is 371 g/mol. The Balaban J connectivity index is 3.27. The van der Waals surface area contributed by atoms with Gasteiger partial charge in [0.1, 0.15) is 0 Å². The summed E-state index contributed by atoms with van der Waals surface area (Å²) in [5, 5.41) is 0. The smallest absolute Gasteiger partial charge is 0.306 e. The van der Waals surface area contributed by atoms with Gasteiger partial charge in [-0.25, -0.2) is 0 Å². The predicted octanol–water partition coefficient (Wildman–Crippen LogP) is 6.21. The Bertz CT molecular complexity index is 339. The van der Waals surface area contributed by atoms with E-state index >= 15 is 0 Å². The van der Waals surface area contributed by atoms with Gasteiger partial charge in [0.05, 0.1) is 26.1 Å². The number of hydrogen-bond acceptors (Lipinski definition) is 4. The summed E-state index contributed by atoms with van der Waals surface area (Å²) in [4.78, 5) is 23.0. The molecule has 0 aromatic rings. The molecular weight excluding hydrogens is 328 g/mol. The van der Waals surface area contributed by atoms with Gasteiger partial charge >= 0.3 is 11.9 Å². The number of unbranched alkanes of at least 4 members (excludes halogenated alkanes) is 11. The third kappa shape index (κ3) is 19.3. The fourth-order valence-corrected chi connectivity index (χ4v) is 2.74. The average Bonchev–Trinajstić information content (AvgIpc) is 2.62. The first-order chi connectivity index (χ1) is 12.6. The van der Waals surface area contributed by atoms with Gasteiger partial charge in [0.2, 0.25) is 0 Å². The van der Waals surface area contributed by atoms with E-state index in [9.17, 15) is 9.59 Å². The number of rotatable bonds is 18. The molecular formula is C22H42O4. The molecule has 0 rings (SSSR count). The molecule has 0 aliphatic heterocycles. The maximum absolute atomic E-state index is 11.6. The third-order valence-electron chi connectivity index (χ3n) is 4.37. The number of hydrogen-bond donors (Lipinski definition) is 0. The summed E-state index contributed by atoms with van der Waals surface area (Å²) in [6.07, 6.45) is 15.7. The monoisotopic (exact) mass is 370 g/mol. The quantitative estimate of drug-likeness (QED) is 0.212. The lowest BCUT2D eigenvalue weighted by molar-refractivity contribution is -0.151. The molecule has 0 aliphatic carbocycles. The maximum atomic E-state index is 11.6. The van der Waals surface area contributed by atoms with Crippen LogP contribution in [0.3, 0.4) is 0 Å². The molecule has 0 radical (unpaired) electrons. The molecule has 0 bridgehead atoms. The Hall–Kier alpha value is -1.06. The number of esters is 2.